The summed E-state index contributed by atoms with van der Waals surface area (Å²) in [5.74, 6) is 1.22. The molecule has 5 heteroatoms. The van der Waals surface area contributed by atoms with Crippen LogP contribution in [-0.2, 0) is 0 Å². The van der Waals surface area contributed by atoms with Gasteiger partial charge in [-0.2, -0.15) is 5.10 Å². The van der Waals surface area contributed by atoms with Crippen LogP contribution in [0.15, 0.2) is 0 Å². The van der Waals surface area contributed by atoms with E-state index >= 15 is 0 Å². The number of H-pyrrole nitrogens is 1. The number of aromatic amines is 1. The zero-order valence-electron chi connectivity index (χ0n) is 12.8. The summed E-state index contributed by atoms with van der Waals surface area (Å²) in [6, 6.07) is 0.283. The fourth-order valence-electron chi connectivity index (χ4n) is 3.48. The van der Waals surface area contributed by atoms with Gasteiger partial charge in [0, 0.05) is 12.0 Å². The van der Waals surface area contributed by atoms with Crippen molar-refractivity contribution in [2.45, 2.75) is 70.3 Å². The number of nitrogen functional groups attached to an aromatic ring is 1. The Balaban J connectivity index is 1.55. The number of aromatic nitrogens is 2. The predicted molar refractivity (Wildman–Crippen MR) is 83.1 cm³/mol. The van der Waals surface area contributed by atoms with Crippen molar-refractivity contribution in [3.8, 4) is 0 Å². The number of amides is 1. The lowest BCUT2D eigenvalue weighted by molar-refractivity contribution is 0.0917. The van der Waals surface area contributed by atoms with E-state index in [-0.39, 0.29) is 11.9 Å². The van der Waals surface area contributed by atoms with Crippen LogP contribution in [0.2, 0.25) is 0 Å². The number of hydrogen-bond donors (Lipinski definition) is 3. The molecule has 1 aromatic heterocycles. The summed E-state index contributed by atoms with van der Waals surface area (Å²) >= 11 is 0. The summed E-state index contributed by atoms with van der Waals surface area (Å²) in [6.45, 7) is 2.24. The Hall–Kier alpha value is -1.52. The molecule has 1 amide bonds. The molecular weight excluding hydrogens is 264 g/mol. The van der Waals surface area contributed by atoms with Crippen molar-refractivity contribution in [2.24, 2.45) is 5.92 Å². The normalized spacial score (nSPS) is 25.8. The molecule has 3 rings (SSSR count). The standard InChI is InChI=1S/C16H26N4O/c1-2-3-10-4-8-12(9-5-10)18-16(21)15-13(17)14(19-20-15)11-6-7-11/h10-12H,2-9,17H2,1H3,(H,18,21)(H,19,20). The van der Waals surface area contributed by atoms with Gasteiger partial charge < -0.3 is 11.1 Å². The fourth-order valence-corrected chi connectivity index (χ4v) is 3.48. The number of nitrogens with zero attached hydrogens (tertiary/aromatic N) is 1. The minimum absolute atomic E-state index is 0.116. The van der Waals surface area contributed by atoms with Crippen LogP contribution in [0.3, 0.4) is 0 Å². The maximum absolute atomic E-state index is 12.3. The van der Waals surface area contributed by atoms with Crippen molar-refractivity contribution in [3.63, 3.8) is 0 Å². The molecule has 0 saturated heterocycles. The molecule has 1 heterocycles. The van der Waals surface area contributed by atoms with Crippen LogP contribution in [0.5, 0.6) is 0 Å². The number of rotatable bonds is 5. The second kappa shape index (κ2) is 6.08. The molecule has 116 valence electrons. The van der Waals surface area contributed by atoms with Crippen LogP contribution in [0.25, 0.3) is 0 Å². The van der Waals surface area contributed by atoms with Crippen LogP contribution >= 0.6 is 0 Å². The Morgan fingerprint density at radius 3 is 2.62 bits per heavy atom. The Morgan fingerprint density at radius 2 is 2.00 bits per heavy atom. The van der Waals surface area contributed by atoms with Gasteiger partial charge in [-0.15, -0.1) is 0 Å². The summed E-state index contributed by atoms with van der Waals surface area (Å²) in [5.41, 5.74) is 7.94. The third-order valence-electron chi connectivity index (χ3n) is 4.91. The summed E-state index contributed by atoms with van der Waals surface area (Å²) in [7, 11) is 0. The Bertz CT molecular complexity index is 498. The van der Waals surface area contributed by atoms with E-state index in [0.29, 0.717) is 17.3 Å². The van der Waals surface area contributed by atoms with E-state index in [4.69, 9.17) is 5.73 Å². The van der Waals surface area contributed by atoms with Gasteiger partial charge in [0.25, 0.3) is 5.91 Å². The molecule has 0 bridgehead atoms. The van der Waals surface area contributed by atoms with E-state index in [2.05, 4.69) is 22.4 Å². The van der Waals surface area contributed by atoms with Crippen molar-refractivity contribution >= 4 is 11.6 Å². The van der Waals surface area contributed by atoms with Gasteiger partial charge in [-0.05, 0) is 44.4 Å². The average molecular weight is 290 g/mol. The van der Waals surface area contributed by atoms with Gasteiger partial charge in [0.2, 0.25) is 0 Å². The van der Waals surface area contributed by atoms with Crippen LogP contribution in [0.4, 0.5) is 5.69 Å². The summed E-state index contributed by atoms with van der Waals surface area (Å²) in [6.07, 6.45) is 9.48. The minimum Gasteiger partial charge on any atom is -0.395 e. The van der Waals surface area contributed by atoms with Crippen molar-refractivity contribution in [1.29, 1.82) is 0 Å². The molecule has 0 aromatic carbocycles. The molecule has 2 fully saturated rings. The topological polar surface area (TPSA) is 83.8 Å². The number of carbonyl (C=O) groups is 1. The molecule has 5 nitrogen and oxygen atoms in total. The first kappa shape index (κ1) is 14.4. The van der Waals surface area contributed by atoms with Gasteiger partial charge in [0.1, 0.15) is 0 Å². The molecule has 0 atom stereocenters. The molecular formula is C16H26N4O. The minimum atomic E-state index is -0.116. The Kier molecular flexibility index (Phi) is 4.17. The van der Waals surface area contributed by atoms with Crippen LogP contribution in [0, 0.1) is 5.92 Å². The molecule has 4 N–H and O–H groups in total. The van der Waals surface area contributed by atoms with Crippen molar-refractivity contribution in [1.82, 2.24) is 15.5 Å². The molecule has 0 aliphatic heterocycles. The first-order valence-corrected chi connectivity index (χ1v) is 8.33. The number of hydrogen-bond acceptors (Lipinski definition) is 3. The van der Waals surface area contributed by atoms with Gasteiger partial charge in [-0.1, -0.05) is 19.8 Å². The predicted octanol–water partition coefficient (Wildman–Crippen LogP) is 2.96. The lowest BCUT2D eigenvalue weighted by Crippen LogP contribution is -2.38. The SMILES string of the molecule is CCCC1CCC(NC(=O)c2n[nH]c(C3CC3)c2N)CC1. The zero-order valence-corrected chi connectivity index (χ0v) is 12.8. The van der Waals surface area contributed by atoms with Crippen molar-refractivity contribution in [3.05, 3.63) is 11.4 Å². The van der Waals surface area contributed by atoms with Gasteiger partial charge in [0.05, 0.1) is 11.4 Å². The summed E-state index contributed by atoms with van der Waals surface area (Å²) < 4.78 is 0. The quantitative estimate of drug-likeness (QED) is 0.779. The highest BCUT2D eigenvalue weighted by Gasteiger charge is 2.31. The van der Waals surface area contributed by atoms with Crippen LogP contribution < -0.4 is 11.1 Å². The zero-order chi connectivity index (χ0) is 14.8. The molecule has 21 heavy (non-hydrogen) atoms. The Morgan fingerprint density at radius 1 is 1.29 bits per heavy atom. The molecule has 2 saturated carbocycles. The van der Waals surface area contributed by atoms with Crippen LogP contribution in [0.1, 0.15) is 80.4 Å². The Labute approximate surface area is 126 Å². The number of carbonyl (C=O) groups excluding carboxylic acids is 1. The fraction of sp³-hybridized carbons (Fsp3) is 0.750. The largest absolute Gasteiger partial charge is 0.395 e. The molecule has 2 aliphatic carbocycles. The van der Waals surface area contributed by atoms with Crippen molar-refractivity contribution < 1.29 is 4.79 Å². The molecule has 0 spiro atoms. The van der Waals surface area contributed by atoms with Gasteiger partial charge in [0.15, 0.2) is 5.69 Å². The molecule has 2 aliphatic rings. The highest BCUT2D eigenvalue weighted by Crippen LogP contribution is 2.42. The average Bonchev–Trinajstić information content (AvgIpc) is 3.24. The summed E-state index contributed by atoms with van der Waals surface area (Å²) in [5, 5.41) is 10.2. The first-order valence-electron chi connectivity index (χ1n) is 8.33. The van der Waals surface area contributed by atoms with Gasteiger partial charge in [-0.3, -0.25) is 9.89 Å². The van der Waals surface area contributed by atoms with E-state index in [9.17, 15) is 4.79 Å². The number of nitrogens with one attached hydrogen (secondary N) is 2. The molecule has 1 aromatic rings. The smallest absolute Gasteiger partial charge is 0.274 e. The van der Waals surface area contributed by atoms with Gasteiger partial charge in [-0.25, -0.2) is 0 Å². The van der Waals surface area contributed by atoms with Crippen LogP contribution in [-0.4, -0.2) is 22.1 Å². The maximum Gasteiger partial charge on any atom is 0.274 e. The van der Waals surface area contributed by atoms with E-state index < -0.39 is 0 Å². The molecule has 0 unspecified atom stereocenters. The lowest BCUT2D eigenvalue weighted by Gasteiger charge is -2.28. The monoisotopic (exact) mass is 290 g/mol. The molecule has 0 radical (unpaired) electrons. The van der Waals surface area contributed by atoms with E-state index in [1.807, 2.05) is 0 Å². The van der Waals surface area contributed by atoms with Gasteiger partial charge >= 0.3 is 0 Å². The second-order valence-corrected chi connectivity index (χ2v) is 6.65. The highest BCUT2D eigenvalue weighted by molar-refractivity contribution is 5.97. The van der Waals surface area contributed by atoms with E-state index in [1.54, 1.807) is 0 Å². The second-order valence-electron chi connectivity index (χ2n) is 6.65. The maximum atomic E-state index is 12.3. The third-order valence-corrected chi connectivity index (χ3v) is 4.91. The number of anilines is 1. The van der Waals surface area contributed by atoms with E-state index in [1.165, 1.54) is 25.7 Å². The van der Waals surface area contributed by atoms with Crippen molar-refractivity contribution in [2.75, 3.05) is 5.73 Å². The number of nitrogens with two attached hydrogens (primary N) is 1. The lowest BCUT2D eigenvalue weighted by atomic mass is 9.83. The highest BCUT2D eigenvalue weighted by atomic mass is 16.2. The first-order chi connectivity index (χ1) is 10.2. The summed E-state index contributed by atoms with van der Waals surface area (Å²) in [4.78, 5) is 12.3. The van der Waals surface area contributed by atoms with E-state index in [0.717, 1.165) is 37.3 Å². The third kappa shape index (κ3) is 3.22.